The van der Waals surface area contributed by atoms with Crippen molar-refractivity contribution in [2.45, 2.75) is 26.2 Å². The van der Waals surface area contributed by atoms with E-state index in [1.54, 1.807) is 17.5 Å². The molecule has 0 saturated heterocycles. The van der Waals surface area contributed by atoms with E-state index in [1.807, 2.05) is 29.7 Å². The van der Waals surface area contributed by atoms with Crippen molar-refractivity contribution in [2.24, 2.45) is 0 Å². The lowest BCUT2D eigenvalue weighted by Gasteiger charge is -1.97. The second-order valence-corrected chi connectivity index (χ2v) is 6.38. The number of nitrogens with one attached hydrogen (secondary N) is 1. The monoisotopic (exact) mass is 298 g/mol. The SMILES string of the molecule is Cc1ccn2cc(C(=O)Nc3nc4c(s3)CCC4)nc2c1. The molecule has 1 amide bonds. The fourth-order valence-electron chi connectivity index (χ4n) is 2.60. The van der Waals surface area contributed by atoms with Gasteiger partial charge in [0.25, 0.3) is 5.91 Å². The van der Waals surface area contributed by atoms with Gasteiger partial charge in [-0.1, -0.05) is 0 Å². The lowest BCUT2D eigenvalue weighted by molar-refractivity contribution is 0.102. The van der Waals surface area contributed by atoms with Crippen molar-refractivity contribution in [3.05, 3.63) is 46.4 Å². The van der Waals surface area contributed by atoms with Gasteiger partial charge in [-0.15, -0.1) is 11.3 Å². The summed E-state index contributed by atoms with van der Waals surface area (Å²) in [6.45, 7) is 2.01. The molecule has 0 bridgehead atoms. The van der Waals surface area contributed by atoms with Gasteiger partial charge in [0.15, 0.2) is 5.13 Å². The molecule has 0 fully saturated rings. The highest BCUT2D eigenvalue weighted by atomic mass is 32.1. The molecule has 0 aliphatic heterocycles. The number of carbonyl (C=O) groups is 1. The first-order valence-electron chi connectivity index (χ1n) is 6.94. The molecule has 6 heteroatoms. The molecule has 0 atom stereocenters. The Bertz CT molecular complexity index is 827. The number of hydrogen-bond donors (Lipinski definition) is 1. The number of pyridine rings is 1. The van der Waals surface area contributed by atoms with Crippen LogP contribution in [0.15, 0.2) is 24.5 Å². The van der Waals surface area contributed by atoms with Gasteiger partial charge >= 0.3 is 0 Å². The predicted molar refractivity (Wildman–Crippen MR) is 82.0 cm³/mol. The van der Waals surface area contributed by atoms with Crippen molar-refractivity contribution in [2.75, 3.05) is 5.32 Å². The number of anilines is 1. The van der Waals surface area contributed by atoms with Crippen LogP contribution in [0.4, 0.5) is 5.13 Å². The van der Waals surface area contributed by atoms with Crippen molar-refractivity contribution in [1.29, 1.82) is 0 Å². The van der Waals surface area contributed by atoms with Crippen LogP contribution in [0.3, 0.4) is 0 Å². The molecule has 5 nitrogen and oxygen atoms in total. The van der Waals surface area contributed by atoms with E-state index in [2.05, 4.69) is 15.3 Å². The number of imidazole rings is 1. The van der Waals surface area contributed by atoms with Gasteiger partial charge in [-0.25, -0.2) is 9.97 Å². The molecule has 0 saturated carbocycles. The Hall–Kier alpha value is -2.21. The number of hydrogen-bond acceptors (Lipinski definition) is 4. The molecular formula is C15H14N4OS. The number of aromatic nitrogens is 3. The zero-order valence-electron chi connectivity index (χ0n) is 11.6. The minimum atomic E-state index is -0.205. The van der Waals surface area contributed by atoms with Gasteiger partial charge in [0.1, 0.15) is 11.3 Å². The Morgan fingerprint density at radius 2 is 2.29 bits per heavy atom. The minimum absolute atomic E-state index is 0.205. The molecule has 0 spiro atoms. The van der Waals surface area contributed by atoms with E-state index in [-0.39, 0.29) is 5.91 Å². The lowest BCUT2D eigenvalue weighted by atomic mass is 10.3. The van der Waals surface area contributed by atoms with E-state index < -0.39 is 0 Å². The summed E-state index contributed by atoms with van der Waals surface area (Å²) in [5.41, 5.74) is 3.45. The minimum Gasteiger partial charge on any atom is -0.306 e. The van der Waals surface area contributed by atoms with Crippen LogP contribution in [0.25, 0.3) is 5.65 Å². The first-order chi connectivity index (χ1) is 10.2. The first-order valence-corrected chi connectivity index (χ1v) is 7.76. The van der Waals surface area contributed by atoms with Gasteiger partial charge < -0.3 is 4.40 Å². The van der Waals surface area contributed by atoms with Crippen LogP contribution < -0.4 is 5.32 Å². The molecule has 3 aromatic heterocycles. The maximum absolute atomic E-state index is 12.3. The van der Waals surface area contributed by atoms with Crippen LogP contribution in [0.1, 0.15) is 33.0 Å². The topological polar surface area (TPSA) is 59.3 Å². The molecule has 3 aromatic rings. The van der Waals surface area contributed by atoms with Crippen molar-refractivity contribution >= 4 is 28.0 Å². The summed E-state index contributed by atoms with van der Waals surface area (Å²) in [6.07, 6.45) is 6.93. The van der Waals surface area contributed by atoms with Crippen LogP contribution in [-0.2, 0) is 12.8 Å². The van der Waals surface area contributed by atoms with Crippen LogP contribution in [-0.4, -0.2) is 20.3 Å². The van der Waals surface area contributed by atoms with E-state index in [0.29, 0.717) is 10.8 Å². The molecule has 1 N–H and O–H groups in total. The Labute approximate surface area is 125 Å². The van der Waals surface area contributed by atoms with E-state index in [4.69, 9.17) is 0 Å². The van der Waals surface area contributed by atoms with Crippen LogP contribution in [0.5, 0.6) is 0 Å². The molecule has 3 heterocycles. The van der Waals surface area contributed by atoms with E-state index in [0.717, 1.165) is 29.7 Å². The largest absolute Gasteiger partial charge is 0.306 e. The average Bonchev–Trinajstić information content (AvgIpc) is 3.10. The second kappa shape index (κ2) is 4.66. The van der Waals surface area contributed by atoms with Gasteiger partial charge in [0.2, 0.25) is 0 Å². The zero-order valence-corrected chi connectivity index (χ0v) is 12.4. The predicted octanol–water partition coefficient (Wildman–Crippen LogP) is 2.84. The summed E-state index contributed by atoms with van der Waals surface area (Å²) in [5.74, 6) is -0.205. The maximum Gasteiger partial charge on any atom is 0.277 e. The third kappa shape index (κ3) is 2.21. The molecule has 1 aliphatic carbocycles. The average molecular weight is 298 g/mol. The highest BCUT2D eigenvalue weighted by molar-refractivity contribution is 7.15. The lowest BCUT2D eigenvalue weighted by Crippen LogP contribution is -2.12. The first kappa shape index (κ1) is 12.5. The van der Waals surface area contributed by atoms with E-state index in [9.17, 15) is 4.79 Å². The number of fused-ring (bicyclic) bond motifs is 2. The Balaban J connectivity index is 1.60. The molecule has 4 rings (SSSR count). The fraction of sp³-hybridized carbons (Fsp3) is 0.267. The molecule has 0 aromatic carbocycles. The van der Waals surface area contributed by atoms with Crippen LogP contribution in [0, 0.1) is 6.92 Å². The van der Waals surface area contributed by atoms with Gasteiger partial charge in [-0.05, 0) is 43.9 Å². The molecule has 0 unspecified atom stereocenters. The highest BCUT2D eigenvalue weighted by Gasteiger charge is 2.19. The van der Waals surface area contributed by atoms with Gasteiger partial charge in [0, 0.05) is 17.3 Å². The molecular weight excluding hydrogens is 284 g/mol. The standard InChI is InChI=1S/C15H14N4OS/c1-9-5-6-19-8-11(16-13(19)7-9)14(20)18-15-17-10-3-2-4-12(10)21-15/h5-8H,2-4H2,1H3,(H,17,18,20). The Morgan fingerprint density at radius 1 is 1.38 bits per heavy atom. The number of rotatable bonds is 2. The van der Waals surface area contributed by atoms with Crippen molar-refractivity contribution in [3.8, 4) is 0 Å². The summed E-state index contributed by atoms with van der Waals surface area (Å²) in [4.78, 5) is 22.4. The number of carbonyl (C=O) groups excluding carboxylic acids is 1. The Kier molecular flexibility index (Phi) is 2.78. The number of nitrogens with zero attached hydrogens (tertiary/aromatic N) is 3. The summed E-state index contributed by atoms with van der Waals surface area (Å²) < 4.78 is 1.85. The van der Waals surface area contributed by atoms with E-state index in [1.165, 1.54) is 11.3 Å². The van der Waals surface area contributed by atoms with Gasteiger partial charge in [-0.2, -0.15) is 0 Å². The second-order valence-electron chi connectivity index (χ2n) is 5.29. The normalized spacial score (nSPS) is 13.6. The van der Waals surface area contributed by atoms with Crippen molar-refractivity contribution in [3.63, 3.8) is 0 Å². The smallest absolute Gasteiger partial charge is 0.277 e. The van der Waals surface area contributed by atoms with Crippen molar-refractivity contribution in [1.82, 2.24) is 14.4 Å². The summed E-state index contributed by atoms with van der Waals surface area (Å²) in [5, 5.41) is 3.53. The van der Waals surface area contributed by atoms with Gasteiger partial charge in [-0.3, -0.25) is 10.1 Å². The molecule has 1 aliphatic rings. The third-order valence-corrected chi connectivity index (χ3v) is 4.74. The number of amides is 1. The van der Waals surface area contributed by atoms with E-state index >= 15 is 0 Å². The molecule has 0 radical (unpaired) electrons. The molecule has 106 valence electrons. The Morgan fingerprint density at radius 3 is 3.14 bits per heavy atom. The zero-order chi connectivity index (χ0) is 14.4. The van der Waals surface area contributed by atoms with Crippen LogP contribution >= 0.6 is 11.3 Å². The quantitative estimate of drug-likeness (QED) is 0.791. The molecule has 21 heavy (non-hydrogen) atoms. The summed E-state index contributed by atoms with van der Waals surface area (Å²) >= 11 is 1.58. The maximum atomic E-state index is 12.3. The number of aryl methyl sites for hydroxylation is 3. The fourth-order valence-corrected chi connectivity index (χ4v) is 3.64. The third-order valence-electron chi connectivity index (χ3n) is 3.66. The van der Waals surface area contributed by atoms with Gasteiger partial charge in [0.05, 0.1) is 5.69 Å². The number of thiazole rings is 1. The summed E-state index contributed by atoms with van der Waals surface area (Å²) in [7, 11) is 0. The summed E-state index contributed by atoms with van der Waals surface area (Å²) in [6, 6.07) is 3.94. The highest BCUT2D eigenvalue weighted by Crippen LogP contribution is 2.30. The van der Waals surface area contributed by atoms with Crippen molar-refractivity contribution < 1.29 is 4.79 Å². The van der Waals surface area contributed by atoms with Crippen LogP contribution in [0.2, 0.25) is 0 Å².